The summed E-state index contributed by atoms with van der Waals surface area (Å²) < 4.78 is 38.1. The average Bonchev–Trinajstić information content (AvgIpc) is 2.55. The average molecular weight is 350 g/mol. The van der Waals surface area contributed by atoms with Gasteiger partial charge in [-0.25, -0.2) is 8.42 Å². The maximum absolute atomic E-state index is 12.6. The number of ether oxygens (including phenoxy) is 2. The van der Waals surface area contributed by atoms with E-state index in [1.54, 1.807) is 24.3 Å². The minimum Gasteiger partial charge on any atom is -0.497 e. The number of anilines is 2. The highest BCUT2D eigenvalue weighted by molar-refractivity contribution is 7.92. The van der Waals surface area contributed by atoms with Gasteiger partial charge < -0.3 is 14.8 Å². The lowest BCUT2D eigenvalue weighted by Gasteiger charge is -2.14. The van der Waals surface area contributed by atoms with Crippen molar-refractivity contribution in [1.29, 1.82) is 0 Å². The summed E-state index contributed by atoms with van der Waals surface area (Å²) in [6.45, 7) is 4.07. The molecule has 6 nitrogen and oxygen atoms in total. The molecule has 0 bridgehead atoms. The molecule has 0 atom stereocenters. The van der Waals surface area contributed by atoms with Crippen LogP contribution in [0.1, 0.15) is 13.8 Å². The van der Waals surface area contributed by atoms with Crippen LogP contribution < -0.4 is 19.5 Å². The van der Waals surface area contributed by atoms with Crippen molar-refractivity contribution in [1.82, 2.24) is 0 Å². The van der Waals surface area contributed by atoms with Crippen LogP contribution in [0.5, 0.6) is 11.5 Å². The van der Waals surface area contributed by atoms with Gasteiger partial charge in [-0.05, 0) is 50.2 Å². The summed E-state index contributed by atoms with van der Waals surface area (Å²) in [4.78, 5) is 0.0220. The lowest BCUT2D eigenvalue weighted by atomic mass is 10.2. The maximum atomic E-state index is 12.6. The van der Waals surface area contributed by atoms with Crippen molar-refractivity contribution < 1.29 is 17.9 Å². The van der Waals surface area contributed by atoms with E-state index in [0.717, 1.165) is 5.69 Å². The molecular formula is C17H22N2O4S. The van der Waals surface area contributed by atoms with Crippen molar-refractivity contribution in [2.24, 2.45) is 0 Å². The molecule has 0 saturated heterocycles. The first kappa shape index (κ1) is 17.9. The Balaban J connectivity index is 2.28. The van der Waals surface area contributed by atoms with Crippen LogP contribution in [0.3, 0.4) is 0 Å². The normalized spacial score (nSPS) is 11.2. The van der Waals surface area contributed by atoms with Crippen LogP contribution in [0.15, 0.2) is 47.4 Å². The molecule has 0 unspecified atom stereocenters. The molecule has 0 aliphatic rings. The number of rotatable bonds is 7. The number of sulfonamides is 1. The number of hydrogen-bond acceptors (Lipinski definition) is 5. The van der Waals surface area contributed by atoms with Gasteiger partial charge in [0.25, 0.3) is 10.0 Å². The van der Waals surface area contributed by atoms with Gasteiger partial charge in [-0.1, -0.05) is 0 Å². The molecule has 24 heavy (non-hydrogen) atoms. The van der Waals surface area contributed by atoms with Gasteiger partial charge in [-0.2, -0.15) is 0 Å². The first-order chi connectivity index (χ1) is 11.4. The first-order valence-electron chi connectivity index (χ1n) is 7.47. The molecule has 0 amide bonds. The van der Waals surface area contributed by atoms with Crippen LogP contribution in [0.2, 0.25) is 0 Å². The standard InChI is InChI=1S/C17H22N2O4S/c1-12(2)18-13-5-7-14(8-6-13)19-24(20,21)17-11-15(22-3)9-10-16(17)23-4/h5-12,18-19H,1-4H3. The molecule has 0 heterocycles. The summed E-state index contributed by atoms with van der Waals surface area (Å²) in [6, 6.07) is 12.0. The van der Waals surface area contributed by atoms with Crippen LogP contribution in [0.4, 0.5) is 11.4 Å². The summed E-state index contributed by atoms with van der Waals surface area (Å²) in [5.41, 5.74) is 1.39. The van der Waals surface area contributed by atoms with E-state index in [-0.39, 0.29) is 10.6 Å². The van der Waals surface area contributed by atoms with E-state index in [1.165, 1.54) is 20.3 Å². The SMILES string of the molecule is COc1ccc(OC)c(S(=O)(=O)Nc2ccc(NC(C)C)cc2)c1. The zero-order chi connectivity index (χ0) is 17.7. The Kier molecular flexibility index (Phi) is 5.56. The molecule has 2 aromatic rings. The number of nitrogens with one attached hydrogen (secondary N) is 2. The minimum atomic E-state index is -3.80. The van der Waals surface area contributed by atoms with Crippen LogP contribution in [-0.4, -0.2) is 28.7 Å². The monoisotopic (exact) mass is 350 g/mol. The third-order valence-electron chi connectivity index (χ3n) is 3.25. The highest BCUT2D eigenvalue weighted by Crippen LogP contribution is 2.29. The summed E-state index contributed by atoms with van der Waals surface area (Å²) in [5.74, 6) is 0.689. The van der Waals surface area contributed by atoms with E-state index in [1.807, 2.05) is 26.0 Å². The minimum absolute atomic E-state index is 0.0220. The lowest BCUT2D eigenvalue weighted by molar-refractivity contribution is 0.392. The Morgan fingerprint density at radius 1 is 0.917 bits per heavy atom. The molecular weight excluding hydrogens is 328 g/mol. The predicted molar refractivity (Wildman–Crippen MR) is 95.6 cm³/mol. The Morgan fingerprint density at radius 2 is 1.54 bits per heavy atom. The first-order valence-corrected chi connectivity index (χ1v) is 8.95. The zero-order valence-electron chi connectivity index (χ0n) is 14.2. The topological polar surface area (TPSA) is 76.7 Å². The van der Waals surface area contributed by atoms with Gasteiger partial charge in [-0.3, -0.25) is 4.72 Å². The van der Waals surface area contributed by atoms with Gasteiger partial charge in [0.15, 0.2) is 0 Å². The molecule has 0 spiro atoms. The van der Waals surface area contributed by atoms with Gasteiger partial charge in [-0.15, -0.1) is 0 Å². The van der Waals surface area contributed by atoms with E-state index in [9.17, 15) is 8.42 Å². The van der Waals surface area contributed by atoms with E-state index < -0.39 is 10.0 Å². The van der Waals surface area contributed by atoms with Gasteiger partial charge in [0.1, 0.15) is 16.4 Å². The van der Waals surface area contributed by atoms with Crippen molar-refractivity contribution in [2.75, 3.05) is 24.3 Å². The Labute approximate surface area is 142 Å². The van der Waals surface area contributed by atoms with Crippen LogP contribution >= 0.6 is 0 Å². The smallest absolute Gasteiger partial charge is 0.265 e. The van der Waals surface area contributed by atoms with Crippen LogP contribution in [0.25, 0.3) is 0 Å². The van der Waals surface area contributed by atoms with Crippen LogP contribution in [-0.2, 0) is 10.0 Å². The van der Waals surface area contributed by atoms with Gasteiger partial charge in [0.2, 0.25) is 0 Å². The lowest BCUT2D eigenvalue weighted by Crippen LogP contribution is -2.14. The van der Waals surface area contributed by atoms with E-state index in [4.69, 9.17) is 9.47 Å². The molecule has 0 aromatic heterocycles. The molecule has 0 aliphatic heterocycles. The third-order valence-corrected chi connectivity index (χ3v) is 4.66. The molecule has 2 rings (SSSR count). The van der Waals surface area contributed by atoms with Crippen molar-refractivity contribution in [3.05, 3.63) is 42.5 Å². The Bertz CT molecular complexity index is 787. The number of methoxy groups -OCH3 is 2. The van der Waals surface area contributed by atoms with E-state index in [2.05, 4.69) is 10.0 Å². The fourth-order valence-corrected chi connectivity index (χ4v) is 3.42. The molecule has 2 N–H and O–H groups in total. The second-order valence-corrected chi connectivity index (χ2v) is 7.15. The second-order valence-electron chi connectivity index (χ2n) is 5.50. The fraction of sp³-hybridized carbons (Fsp3) is 0.294. The maximum Gasteiger partial charge on any atom is 0.265 e. The Hall–Kier alpha value is -2.41. The number of benzene rings is 2. The van der Waals surface area contributed by atoms with Gasteiger partial charge in [0.05, 0.1) is 14.2 Å². The molecule has 0 fully saturated rings. The summed E-state index contributed by atoms with van der Waals surface area (Å²) in [5, 5.41) is 3.25. The van der Waals surface area contributed by atoms with E-state index >= 15 is 0 Å². The quantitative estimate of drug-likeness (QED) is 0.801. The summed E-state index contributed by atoms with van der Waals surface area (Å²) in [6.07, 6.45) is 0. The molecule has 7 heteroatoms. The van der Waals surface area contributed by atoms with Gasteiger partial charge in [0, 0.05) is 23.5 Å². The highest BCUT2D eigenvalue weighted by atomic mass is 32.2. The van der Waals surface area contributed by atoms with Gasteiger partial charge >= 0.3 is 0 Å². The summed E-state index contributed by atoms with van der Waals surface area (Å²) in [7, 11) is -0.898. The largest absolute Gasteiger partial charge is 0.497 e. The molecule has 130 valence electrons. The highest BCUT2D eigenvalue weighted by Gasteiger charge is 2.20. The van der Waals surface area contributed by atoms with E-state index in [0.29, 0.717) is 17.5 Å². The summed E-state index contributed by atoms with van der Waals surface area (Å²) >= 11 is 0. The molecule has 2 aromatic carbocycles. The molecule has 0 radical (unpaired) electrons. The third kappa shape index (κ3) is 4.32. The molecule has 0 aliphatic carbocycles. The van der Waals surface area contributed by atoms with Crippen LogP contribution in [0, 0.1) is 0 Å². The van der Waals surface area contributed by atoms with Crippen molar-refractivity contribution in [3.63, 3.8) is 0 Å². The zero-order valence-corrected chi connectivity index (χ0v) is 15.0. The fourth-order valence-electron chi connectivity index (χ4n) is 2.17. The Morgan fingerprint density at radius 3 is 2.08 bits per heavy atom. The van der Waals surface area contributed by atoms with Crippen molar-refractivity contribution in [2.45, 2.75) is 24.8 Å². The predicted octanol–water partition coefficient (Wildman–Crippen LogP) is 3.32. The van der Waals surface area contributed by atoms with Crippen molar-refractivity contribution >= 4 is 21.4 Å². The van der Waals surface area contributed by atoms with Crippen molar-refractivity contribution in [3.8, 4) is 11.5 Å². The molecule has 0 saturated carbocycles. The second kappa shape index (κ2) is 7.44. The number of hydrogen-bond donors (Lipinski definition) is 2.